The Kier molecular flexibility index (Phi) is 16.9. The van der Waals surface area contributed by atoms with Gasteiger partial charge in [-0.2, -0.15) is 0 Å². The van der Waals surface area contributed by atoms with Crippen LogP contribution >= 0.6 is 0 Å². The number of hydrogen-bond donors (Lipinski definition) is 0. The lowest BCUT2D eigenvalue weighted by Crippen LogP contribution is -2.35. The van der Waals surface area contributed by atoms with Crippen molar-refractivity contribution in [1.29, 1.82) is 0 Å². The summed E-state index contributed by atoms with van der Waals surface area (Å²) in [5.74, 6) is 0. The van der Waals surface area contributed by atoms with Crippen molar-refractivity contribution in [1.82, 2.24) is 0 Å². The van der Waals surface area contributed by atoms with Gasteiger partial charge in [0, 0.05) is 77.0 Å². The molecule has 3 aliphatic rings. The summed E-state index contributed by atoms with van der Waals surface area (Å²) < 4.78 is 54.6. The fraction of sp³-hybridized carbons (Fsp3) is 0.425. The van der Waals surface area contributed by atoms with Gasteiger partial charge in [0.2, 0.25) is 22.8 Å². The lowest BCUT2D eigenvalue weighted by molar-refractivity contribution is -0.660. The number of aryl methyl sites for hydroxylation is 13. The Morgan fingerprint density at radius 3 is 1.03 bits per heavy atom. The standard InChI is InChI=1S/2C23H32N.C22H30N.C19H18N/c2*1-15-12-21(24(8)14-17(15)3)18-13-20-19(11-16(18)2)22(4,5)9-10-23(20,6)7;1-15-8-9-20(23(7)14-15)17-13-19-18(12-16(17)2)21(3,4)10-11-22(19,5)6;1-15-8-6-7-11-18(15)19-13-12-17(14-20(19)2)16-9-4-3-5-10-16/h2*11-14H,9-10H2,1-8H3;8-9,12-14H,10-11H2,1-7H3;3-14H,1-2H3/q4*+1/i3D3;;1D3;. The van der Waals surface area contributed by atoms with Gasteiger partial charge in [0.15, 0.2) is 24.8 Å². The van der Waals surface area contributed by atoms with Crippen LogP contribution in [0.3, 0.4) is 0 Å². The summed E-state index contributed by atoms with van der Waals surface area (Å²) in [6.07, 6.45) is 15.2. The molecule has 0 N–H and O–H groups in total. The summed E-state index contributed by atoms with van der Waals surface area (Å²) in [6.45, 7) is 39.2. The van der Waals surface area contributed by atoms with E-state index in [0.29, 0.717) is 11.1 Å². The number of benzene rings is 5. The van der Waals surface area contributed by atoms with Gasteiger partial charge in [-0.1, -0.05) is 150 Å². The molecule has 0 atom stereocenters. The van der Waals surface area contributed by atoms with Crippen LogP contribution in [0.5, 0.6) is 0 Å². The normalized spacial score (nSPS) is 17.9. The molecular formula is C87H112N4+4. The van der Waals surface area contributed by atoms with E-state index in [1.807, 2.05) is 48.4 Å². The summed E-state index contributed by atoms with van der Waals surface area (Å²) in [7, 11) is 8.14. The van der Waals surface area contributed by atoms with E-state index in [-0.39, 0.29) is 32.5 Å². The van der Waals surface area contributed by atoms with E-state index < -0.39 is 13.7 Å². The molecule has 0 saturated carbocycles. The van der Waals surface area contributed by atoms with Crippen LogP contribution in [0.2, 0.25) is 0 Å². The zero-order valence-corrected chi connectivity index (χ0v) is 60.0. The molecule has 4 aromatic heterocycles. The largest absolute Gasteiger partial charge is 0.212 e. The SMILES string of the molecule is Cc1cc(-c2cc3c(cc2C)C(C)(C)CCC3(C)C)[n+](C)cc1C.Cc1ccccc1-c1ccc(-c2ccccc2)c[n+]1C.[2H]C([2H])([2H])c1c[n+](C)c(-c2cc3c(cc2C)C(C)(C)CCC3(C)C)cc1C.[2H]C([2H])([2H])c1ccc(-c2cc3c(cc2C)C(C)(C)CCC3(C)C)[n+](C)c1. The van der Waals surface area contributed by atoms with E-state index in [0.717, 1.165) is 17.0 Å². The molecule has 3 aliphatic carbocycles. The minimum Gasteiger partial charge on any atom is -0.201 e. The molecular weight excluding hydrogens is 1100 g/mol. The predicted molar refractivity (Wildman–Crippen MR) is 386 cm³/mol. The number of pyridine rings is 4. The topological polar surface area (TPSA) is 15.5 Å². The molecule has 4 heterocycles. The maximum Gasteiger partial charge on any atom is 0.212 e. The van der Waals surface area contributed by atoms with Crippen molar-refractivity contribution in [2.45, 2.75) is 216 Å². The van der Waals surface area contributed by atoms with Crippen LogP contribution in [0.4, 0.5) is 0 Å². The summed E-state index contributed by atoms with van der Waals surface area (Å²) in [4.78, 5) is 0. The van der Waals surface area contributed by atoms with Gasteiger partial charge >= 0.3 is 0 Å². The zero-order valence-electron chi connectivity index (χ0n) is 66.0. The molecule has 0 amide bonds. The van der Waals surface area contributed by atoms with Crippen molar-refractivity contribution in [2.75, 3.05) is 0 Å². The first-order valence-corrected chi connectivity index (χ1v) is 33.4. The average molecular weight is 1220 g/mol. The highest BCUT2D eigenvalue weighted by molar-refractivity contribution is 5.70. The third-order valence-electron chi connectivity index (χ3n) is 21.4. The second kappa shape index (κ2) is 25.7. The van der Waals surface area contributed by atoms with E-state index in [1.165, 1.54) is 144 Å². The first-order chi connectivity index (χ1) is 44.8. The third-order valence-corrected chi connectivity index (χ3v) is 21.4. The minimum absolute atomic E-state index is 0.152. The van der Waals surface area contributed by atoms with Gasteiger partial charge in [0.25, 0.3) is 0 Å². The quantitative estimate of drug-likeness (QED) is 0.153. The molecule has 0 unspecified atom stereocenters. The molecule has 5 aromatic carbocycles. The van der Waals surface area contributed by atoms with Gasteiger partial charge in [-0.05, 0) is 242 Å². The number of hydrogen-bond acceptors (Lipinski definition) is 0. The molecule has 4 heteroatoms. The van der Waals surface area contributed by atoms with Gasteiger partial charge in [-0.25, -0.2) is 18.3 Å². The van der Waals surface area contributed by atoms with Crippen LogP contribution in [0.1, 0.15) is 213 Å². The Bertz CT molecular complexity index is 4440. The van der Waals surface area contributed by atoms with E-state index in [4.69, 9.17) is 8.22 Å². The lowest BCUT2D eigenvalue weighted by atomic mass is 9.62. The molecule has 4 nitrogen and oxygen atoms in total. The molecule has 12 rings (SSSR count). The van der Waals surface area contributed by atoms with E-state index in [1.54, 1.807) is 24.0 Å². The Morgan fingerprint density at radius 1 is 0.275 bits per heavy atom. The second-order valence-corrected chi connectivity index (χ2v) is 31.5. The molecule has 9 aromatic rings. The van der Waals surface area contributed by atoms with Crippen LogP contribution < -0.4 is 18.3 Å². The Balaban J connectivity index is 0.000000152. The monoisotopic (exact) mass is 1220 g/mol. The second-order valence-electron chi connectivity index (χ2n) is 31.5. The van der Waals surface area contributed by atoms with Crippen LogP contribution in [0.25, 0.3) is 56.2 Å². The molecule has 476 valence electrons. The highest BCUT2D eigenvalue weighted by Crippen LogP contribution is 2.50. The minimum atomic E-state index is -2.09. The van der Waals surface area contributed by atoms with E-state index >= 15 is 0 Å². The number of rotatable bonds is 5. The fourth-order valence-electron chi connectivity index (χ4n) is 14.6. The summed E-state index contributed by atoms with van der Waals surface area (Å²) in [5.41, 5.74) is 31.8. The lowest BCUT2D eigenvalue weighted by Gasteiger charge is -2.42. The Labute approximate surface area is 560 Å². The van der Waals surface area contributed by atoms with Crippen molar-refractivity contribution < 1.29 is 26.5 Å². The first-order valence-electron chi connectivity index (χ1n) is 36.4. The first kappa shape index (κ1) is 60.0. The highest BCUT2D eigenvalue weighted by Gasteiger charge is 2.41. The number of fused-ring (bicyclic) bond motifs is 3. The number of aromatic nitrogens is 4. The Hall–Kier alpha value is -7.30. The van der Waals surface area contributed by atoms with Gasteiger partial charge in [0.1, 0.15) is 28.2 Å². The smallest absolute Gasteiger partial charge is 0.201 e. The van der Waals surface area contributed by atoms with Crippen LogP contribution in [-0.4, -0.2) is 0 Å². The zero-order chi connectivity index (χ0) is 71.7. The van der Waals surface area contributed by atoms with Crippen molar-refractivity contribution >= 4 is 0 Å². The van der Waals surface area contributed by atoms with E-state index in [2.05, 4.69) is 263 Å². The molecule has 0 bridgehead atoms. The summed E-state index contributed by atoms with van der Waals surface area (Å²) in [5, 5.41) is 0. The Morgan fingerprint density at radius 2 is 0.626 bits per heavy atom. The van der Waals surface area contributed by atoms with Crippen LogP contribution in [0.15, 0.2) is 152 Å². The van der Waals surface area contributed by atoms with Crippen LogP contribution in [0, 0.1) is 62.2 Å². The summed E-state index contributed by atoms with van der Waals surface area (Å²) in [6, 6.07) is 45.8. The van der Waals surface area contributed by atoms with Gasteiger partial charge < -0.3 is 0 Å². The average Bonchev–Trinajstić information content (AvgIpc) is 0.753. The number of nitrogens with zero attached hydrogens (tertiary/aromatic N) is 4. The highest BCUT2D eigenvalue weighted by atomic mass is 14.9. The van der Waals surface area contributed by atoms with Crippen LogP contribution in [-0.2, 0) is 60.7 Å². The fourth-order valence-corrected chi connectivity index (χ4v) is 14.6. The molecule has 0 spiro atoms. The van der Waals surface area contributed by atoms with Gasteiger partial charge in [0.05, 0.1) is 0 Å². The molecule has 0 fully saturated rings. The van der Waals surface area contributed by atoms with E-state index in [9.17, 15) is 0 Å². The molecule has 0 aliphatic heterocycles. The summed E-state index contributed by atoms with van der Waals surface area (Å²) >= 11 is 0. The molecule has 0 radical (unpaired) electrons. The third kappa shape index (κ3) is 14.2. The van der Waals surface area contributed by atoms with Crippen molar-refractivity contribution in [2.24, 2.45) is 28.2 Å². The molecule has 0 saturated heterocycles. The maximum absolute atomic E-state index is 7.77. The van der Waals surface area contributed by atoms with Crippen molar-refractivity contribution in [3.8, 4) is 56.2 Å². The van der Waals surface area contributed by atoms with Gasteiger partial charge in [-0.15, -0.1) is 0 Å². The predicted octanol–water partition coefficient (Wildman–Crippen LogP) is 20.2. The van der Waals surface area contributed by atoms with Gasteiger partial charge in [-0.3, -0.25) is 0 Å². The molecule has 91 heavy (non-hydrogen) atoms. The van der Waals surface area contributed by atoms with Crippen molar-refractivity contribution in [3.05, 3.63) is 236 Å². The maximum atomic E-state index is 7.77. The van der Waals surface area contributed by atoms with Crippen molar-refractivity contribution in [3.63, 3.8) is 0 Å².